The molecule has 0 bridgehead atoms. The lowest BCUT2D eigenvalue weighted by atomic mass is 10.0. The van der Waals surface area contributed by atoms with Crippen LogP contribution in [-0.4, -0.2) is 22.0 Å². The molecule has 1 amide bonds. The number of nitrogens with two attached hydrogens (primary N) is 2. The molecule has 6 N–H and O–H groups in total. The highest BCUT2D eigenvalue weighted by atomic mass is 16.6. The zero-order chi connectivity index (χ0) is 19.9. The third-order valence-electron chi connectivity index (χ3n) is 3.94. The second kappa shape index (κ2) is 8.54. The normalized spacial score (nSPS) is 11.1. The second-order valence-corrected chi connectivity index (χ2v) is 5.88. The average Bonchev–Trinajstić information content (AvgIpc) is 2.74. The minimum absolute atomic E-state index is 0.000692. The van der Waals surface area contributed by atoms with Gasteiger partial charge in [0.2, 0.25) is 0 Å². The van der Waals surface area contributed by atoms with E-state index in [0.29, 0.717) is 23.2 Å². The van der Waals surface area contributed by atoms with E-state index in [1.54, 1.807) is 12.3 Å². The van der Waals surface area contributed by atoms with E-state index in [1.807, 2.05) is 30.3 Å². The van der Waals surface area contributed by atoms with Gasteiger partial charge in [0.05, 0.1) is 0 Å². The lowest BCUT2D eigenvalue weighted by Crippen LogP contribution is -2.26. The molecule has 0 aliphatic heterocycles. The van der Waals surface area contributed by atoms with Crippen LogP contribution in [0.2, 0.25) is 0 Å². The minimum atomic E-state index is -0.605. The number of hydrazone groups is 1. The zero-order valence-corrected chi connectivity index (χ0v) is 14.9. The van der Waals surface area contributed by atoms with Gasteiger partial charge in [-0.2, -0.15) is 5.10 Å². The first-order valence-corrected chi connectivity index (χ1v) is 8.38. The van der Waals surface area contributed by atoms with Gasteiger partial charge in [0.1, 0.15) is 11.5 Å². The molecule has 0 saturated heterocycles. The van der Waals surface area contributed by atoms with E-state index in [2.05, 4.69) is 15.4 Å². The Balaban J connectivity index is 1.75. The van der Waals surface area contributed by atoms with Crippen LogP contribution in [0.3, 0.4) is 0 Å². The van der Waals surface area contributed by atoms with Crippen LogP contribution in [0.1, 0.15) is 11.1 Å². The van der Waals surface area contributed by atoms with Gasteiger partial charge in [0.25, 0.3) is 0 Å². The van der Waals surface area contributed by atoms with Crippen molar-refractivity contribution < 1.29 is 14.6 Å². The molecule has 8 heteroatoms. The zero-order valence-electron chi connectivity index (χ0n) is 14.9. The summed E-state index contributed by atoms with van der Waals surface area (Å²) in [7, 11) is 0. The first kappa shape index (κ1) is 18.7. The van der Waals surface area contributed by atoms with Crippen LogP contribution in [0.4, 0.5) is 4.79 Å². The van der Waals surface area contributed by atoms with Gasteiger partial charge in [-0.3, -0.25) is 4.98 Å². The van der Waals surface area contributed by atoms with E-state index >= 15 is 0 Å². The Bertz CT molecular complexity index is 1010. The summed E-state index contributed by atoms with van der Waals surface area (Å²) in [6, 6.07) is 15.6. The number of hydrogen-bond donors (Lipinski definition) is 4. The number of phenolic OH excluding ortho intramolecular Hbond substituents is 1. The van der Waals surface area contributed by atoms with Crippen LogP contribution in [0.5, 0.6) is 11.5 Å². The number of amidine groups is 1. The lowest BCUT2D eigenvalue weighted by Gasteiger charge is -2.10. The summed E-state index contributed by atoms with van der Waals surface area (Å²) >= 11 is 0. The minimum Gasteiger partial charge on any atom is -0.507 e. The Morgan fingerprint density at radius 2 is 1.93 bits per heavy atom. The molecule has 0 atom stereocenters. The number of rotatable bonds is 5. The van der Waals surface area contributed by atoms with Crippen molar-refractivity contribution in [1.29, 1.82) is 0 Å². The maximum Gasteiger partial charge on any atom is 0.412 e. The first-order chi connectivity index (χ1) is 13.6. The molecule has 0 unspecified atom stereocenters. The van der Waals surface area contributed by atoms with Gasteiger partial charge in [-0.25, -0.2) is 4.79 Å². The van der Waals surface area contributed by atoms with E-state index in [4.69, 9.17) is 16.3 Å². The predicted octanol–water partition coefficient (Wildman–Crippen LogP) is 2.32. The smallest absolute Gasteiger partial charge is 0.412 e. The van der Waals surface area contributed by atoms with Crippen LogP contribution in [0.15, 0.2) is 72.1 Å². The largest absolute Gasteiger partial charge is 0.507 e. The average molecular weight is 377 g/mol. The van der Waals surface area contributed by atoms with Gasteiger partial charge in [-0.05, 0) is 29.8 Å². The lowest BCUT2D eigenvalue weighted by molar-refractivity contribution is 0.200. The van der Waals surface area contributed by atoms with Gasteiger partial charge in [0.15, 0.2) is 5.84 Å². The molecule has 0 spiro atoms. The summed E-state index contributed by atoms with van der Waals surface area (Å²) in [5.74, 6) is 5.57. The van der Waals surface area contributed by atoms with E-state index < -0.39 is 6.09 Å². The first-order valence-electron chi connectivity index (χ1n) is 8.38. The topological polar surface area (TPSA) is 136 Å². The molecule has 0 aliphatic rings. The third kappa shape index (κ3) is 4.55. The number of pyridine rings is 1. The molecule has 0 radical (unpaired) electrons. The molecule has 3 aromatic rings. The molecule has 0 fully saturated rings. The van der Waals surface area contributed by atoms with Crippen LogP contribution in [0, 0.1) is 0 Å². The Hall–Kier alpha value is -4.07. The van der Waals surface area contributed by atoms with Crippen LogP contribution >= 0.6 is 0 Å². The molecular weight excluding hydrogens is 358 g/mol. The van der Waals surface area contributed by atoms with Crippen LogP contribution in [0.25, 0.3) is 11.1 Å². The predicted molar refractivity (Wildman–Crippen MR) is 106 cm³/mol. The van der Waals surface area contributed by atoms with Gasteiger partial charge >= 0.3 is 6.09 Å². The summed E-state index contributed by atoms with van der Waals surface area (Å²) < 4.78 is 5.30. The Morgan fingerprint density at radius 1 is 1.14 bits per heavy atom. The summed E-state index contributed by atoms with van der Waals surface area (Å²) in [6.45, 7) is 0.342. The van der Waals surface area contributed by atoms with Crippen molar-refractivity contribution in [2.45, 2.75) is 6.54 Å². The number of nitrogens with one attached hydrogen (secondary N) is 1. The van der Waals surface area contributed by atoms with Crippen molar-refractivity contribution in [1.82, 2.24) is 10.3 Å². The van der Waals surface area contributed by atoms with Crippen molar-refractivity contribution in [3.63, 3.8) is 0 Å². The Morgan fingerprint density at radius 3 is 2.68 bits per heavy atom. The van der Waals surface area contributed by atoms with Crippen LogP contribution in [-0.2, 0) is 6.54 Å². The summed E-state index contributed by atoms with van der Waals surface area (Å²) in [5.41, 5.74) is 8.15. The highest BCUT2D eigenvalue weighted by molar-refractivity contribution is 5.98. The number of amides is 1. The molecule has 3 rings (SSSR count). The standard InChI is InChI=1S/C20H19N5O3/c21-19(25-22)15-8-14(11-23-12-15)17-9-16(6-7-18(17)26)28-20(27)24-10-13-4-2-1-3-5-13/h1-9,11-12,26H,10,22H2,(H2,21,25)(H,24,27). The molecule has 28 heavy (non-hydrogen) atoms. The quantitative estimate of drug-likeness (QED) is 0.233. The van der Waals surface area contributed by atoms with Crippen LogP contribution < -0.4 is 21.6 Å². The van der Waals surface area contributed by atoms with Gasteiger partial charge < -0.3 is 26.7 Å². The molecule has 1 aromatic heterocycles. The van der Waals surface area contributed by atoms with Crippen molar-refractivity contribution in [3.8, 4) is 22.6 Å². The maximum atomic E-state index is 12.0. The number of benzene rings is 2. The van der Waals surface area contributed by atoms with E-state index in [0.717, 1.165) is 5.56 Å². The maximum absolute atomic E-state index is 12.0. The van der Waals surface area contributed by atoms with Gasteiger partial charge in [-0.15, -0.1) is 0 Å². The van der Waals surface area contributed by atoms with E-state index in [-0.39, 0.29) is 17.3 Å². The Kier molecular flexibility index (Phi) is 5.71. The van der Waals surface area contributed by atoms with E-state index in [9.17, 15) is 9.90 Å². The number of nitrogens with zero attached hydrogens (tertiary/aromatic N) is 2. The van der Waals surface area contributed by atoms with Crippen molar-refractivity contribution in [2.24, 2.45) is 16.7 Å². The number of aromatic hydroxyl groups is 1. The van der Waals surface area contributed by atoms with Crippen molar-refractivity contribution in [3.05, 3.63) is 78.1 Å². The fraction of sp³-hybridized carbons (Fsp3) is 0.0500. The highest BCUT2D eigenvalue weighted by Crippen LogP contribution is 2.32. The monoisotopic (exact) mass is 377 g/mol. The number of phenols is 1. The summed E-state index contributed by atoms with van der Waals surface area (Å²) in [6.07, 6.45) is 2.44. The molecule has 8 nitrogen and oxygen atoms in total. The number of hydrogen-bond acceptors (Lipinski definition) is 6. The molecule has 0 aliphatic carbocycles. The third-order valence-corrected chi connectivity index (χ3v) is 3.94. The molecule has 0 saturated carbocycles. The second-order valence-electron chi connectivity index (χ2n) is 5.88. The van der Waals surface area contributed by atoms with Gasteiger partial charge in [-0.1, -0.05) is 30.3 Å². The Labute approximate surface area is 161 Å². The number of ether oxygens (including phenoxy) is 1. The fourth-order valence-electron chi connectivity index (χ4n) is 2.52. The van der Waals surface area contributed by atoms with Crippen molar-refractivity contribution >= 4 is 11.9 Å². The fourth-order valence-corrected chi connectivity index (χ4v) is 2.52. The number of carbonyl (C=O) groups is 1. The highest BCUT2D eigenvalue weighted by Gasteiger charge is 2.11. The molecule has 142 valence electrons. The summed E-state index contributed by atoms with van der Waals surface area (Å²) in [4.78, 5) is 16.1. The SMILES string of the molecule is N/N=C(\N)c1cncc(-c2cc(OC(=O)NCc3ccccc3)ccc2O)c1. The molecule has 1 heterocycles. The number of aromatic nitrogens is 1. The number of carbonyl (C=O) groups excluding carboxylic acids is 1. The summed E-state index contributed by atoms with van der Waals surface area (Å²) in [5, 5.41) is 16.3. The van der Waals surface area contributed by atoms with Gasteiger partial charge in [0, 0.05) is 35.6 Å². The molecular formula is C20H19N5O3. The van der Waals surface area contributed by atoms with E-state index in [1.165, 1.54) is 24.4 Å². The molecule has 2 aromatic carbocycles. The van der Waals surface area contributed by atoms with Crippen molar-refractivity contribution in [2.75, 3.05) is 0 Å².